The van der Waals surface area contributed by atoms with E-state index in [-0.39, 0.29) is 6.61 Å². The van der Waals surface area contributed by atoms with Gasteiger partial charge in [-0.25, -0.2) is 9.59 Å². The van der Waals surface area contributed by atoms with E-state index >= 15 is 0 Å². The van der Waals surface area contributed by atoms with Gasteiger partial charge in [-0.15, -0.1) is 0 Å². The van der Waals surface area contributed by atoms with Crippen molar-refractivity contribution in [2.75, 3.05) is 6.61 Å². The van der Waals surface area contributed by atoms with Crippen LogP contribution in [0.4, 0.5) is 4.79 Å². The third kappa shape index (κ3) is 4.40. The van der Waals surface area contributed by atoms with Gasteiger partial charge in [0.1, 0.15) is 0 Å². The van der Waals surface area contributed by atoms with Crippen LogP contribution in [0.5, 0.6) is 0 Å². The summed E-state index contributed by atoms with van der Waals surface area (Å²) < 4.78 is 4.85. The van der Waals surface area contributed by atoms with E-state index in [2.05, 4.69) is 10.3 Å². The van der Waals surface area contributed by atoms with E-state index in [0.29, 0.717) is 5.56 Å². The fourth-order valence-electron chi connectivity index (χ4n) is 1.30. The number of carboxylic acid groups (broad SMARTS) is 1. The molecule has 0 spiro atoms. The summed E-state index contributed by atoms with van der Waals surface area (Å²) in [6.07, 6.45) is 3.84. The average Bonchev–Trinajstić information content (AvgIpc) is 2.37. The summed E-state index contributed by atoms with van der Waals surface area (Å²) in [4.78, 5) is 26.3. The van der Waals surface area contributed by atoms with Gasteiger partial charge in [0.2, 0.25) is 0 Å². The smallest absolute Gasteiger partial charge is 0.408 e. The monoisotopic (exact) mass is 252 g/mol. The quantitative estimate of drug-likeness (QED) is 0.753. The number of pyridine rings is 1. The molecule has 6 heteroatoms. The van der Waals surface area contributed by atoms with Gasteiger partial charge < -0.3 is 15.2 Å². The zero-order valence-corrected chi connectivity index (χ0v) is 10.1. The first-order chi connectivity index (χ1) is 8.65. The fraction of sp³-hybridized carbons (Fsp3) is 0.417. The molecule has 0 aliphatic carbocycles. The molecule has 1 rings (SSSR count). The van der Waals surface area contributed by atoms with Gasteiger partial charge in [-0.3, -0.25) is 4.98 Å². The Bertz CT molecular complexity index is 394. The van der Waals surface area contributed by atoms with Crippen LogP contribution in [0.25, 0.3) is 0 Å². The summed E-state index contributed by atoms with van der Waals surface area (Å²) in [7, 11) is 0. The number of carbonyl (C=O) groups is 2. The maximum Gasteiger partial charge on any atom is 0.408 e. The van der Waals surface area contributed by atoms with Gasteiger partial charge in [-0.2, -0.15) is 0 Å². The first-order valence-corrected chi connectivity index (χ1v) is 5.71. The van der Waals surface area contributed by atoms with Gasteiger partial charge in [-0.1, -0.05) is 19.4 Å². The number of aliphatic carboxylic acids is 1. The maximum atomic E-state index is 11.4. The minimum atomic E-state index is -1.16. The molecule has 1 aromatic heterocycles. The zero-order valence-electron chi connectivity index (χ0n) is 10.1. The number of nitrogens with one attached hydrogen (secondary N) is 1. The summed E-state index contributed by atoms with van der Waals surface area (Å²) in [6, 6.07) is 2.04. The van der Waals surface area contributed by atoms with Crippen molar-refractivity contribution in [3.63, 3.8) is 0 Å². The van der Waals surface area contributed by atoms with Crippen molar-refractivity contribution in [1.82, 2.24) is 10.3 Å². The summed E-state index contributed by atoms with van der Waals surface area (Å²) >= 11 is 0. The highest BCUT2D eigenvalue weighted by Gasteiger charge is 2.22. The summed E-state index contributed by atoms with van der Waals surface area (Å²) in [6.45, 7) is 2.25. The zero-order chi connectivity index (χ0) is 13.4. The Hall–Kier alpha value is -2.11. The highest BCUT2D eigenvalue weighted by molar-refractivity contribution is 5.81. The Labute approximate surface area is 105 Å². The minimum absolute atomic E-state index is 0.279. The minimum Gasteiger partial charge on any atom is -0.479 e. The Morgan fingerprint density at radius 3 is 2.89 bits per heavy atom. The molecule has 1 aromatic rings. The molecule has 2 N–H and O–H groups in total. The van der Waals surface area contributed by atoms with Gasteiger partial charge in [0.15, 0.2) is 6.04 Å². The van der Waals surface area contributed by atoms with Crippen LogP contribution in [0.2, 0.25) is 0 Å². The molecule has 0 aliphatic heterocycles. The van der Waals surface area contributed by atoms with Crippen molar-refractivity contribution in [2.24, 2.45) is 0 Å². The van der Waals surface area contributed by atoms with E-state index < -0.39 is 18.1 Å². The van der Waals surface area contributed by atoms with Crippen LogP contribution < -0.4 is 5.32 Å². The molecule has 0 bridgehead atoms. The van der Waals surface area contributed by atoms with Crippen molar-refractivity contribution in [1.29, 1.82) is 0 Å². The second-order valence-electron chi connectivity index (χ2n) is 3.69. The van der Waals surface area contributed by atoms with E-state index in [1.54, 1.807) is 12.1 Å². The lowest BCUT2D eigenvalue weighted by Crippen LogP contribution is -2.34. The molecular weight excluding hydrogens is 236 g/mol. The summed E-state index contributed by atoms with van der Waals surface area (Å²) in [5, 5.41) is 11.3. The molecule has 0 aliphatic rings. The van der Waals surface area contributed by atoms with Crippen molar-refractivity contribution in [3.05, 3.63) is 30.1 Å². The number of unbranched alkanes of at least 4 members (excludes halogenated alkanes) is 1. The normalized spacial score (nSPS) is 11.6. The van der Waals surface area contributed by atoms with Gasteiger partial charge in [0.25, 0.3) is 0 Å². The Morgan fingerprint density at radius 1 is 1.56 bits per heavy atom. The van der Waals surface area contributed by atoms with Crippen LogP contribution in [0.3, 0.4) is 0 Å². The Kier molecular flexibility index (Phi) is 5.63. The first kappa shape index (κ1) is 14.0. The van der Waals surface area contributed by atoms with E-state index in [9.17, 15) is 9.59 Å². The number of alkyl carbamates (subject to hydrolysis) is 1. The highest BCUT2D eigenvalue weighted by Crippen LogP contribution is 2.11. The number of rotatable bonds is 6. The van der Waals surface area contributed by atoms with Gasteiger partial charge in [0.05, 0.1) is 6.61 Å². The predicted molar refractivity (Wildman–Crippen MR) is 64.0 cm³/mol. The van der Waals surface area contributed by atoms with E-state index in [1.165, 1.54) is 12.4 Å². The van der Waals surface area contributed by atoms with E-state index in [1.807, 2.05) is 6.92 Å². The van der Waals surface area contributed by atoms with Crippen molar-refractivity contribution >= 4 is 12.1 Å². The standard InChI is InChI=1S/C12H16N2O4/c1-2-3-7-18-12(17)14-10(11(15)16)9-5-4-6-13-8-9/h4-6,8,10H,2-3,7H2,1H3,(H,14,17)(H,15,16). The number of amides is 1. The molecule has 98 valence electrons. The topological polar surface area (TPSA) is 88.5 Å². The molecule has 6 nitrogen and oxygen atoms in total. The molecule has 0 saturated carbocycles. The number of carboxylic acids is 1. The molecule has 1 heterocycles. The lowest BCUT2D eigenvalue weighted by Gasteiger charge is -2.14. The average molecular weight is 252 g/mol. The molecule has 18 heavy (non-hydrogen) atoms. The molecule has 1 amide bonds. The number of ether oxygens (including phenoxy) is 1. The van der Waals surface area contributed by atoms with Crippen LogP contribution in [0, 0.1) is 0 Å². The maximum absolute atomic E-state index is 11.4. The number of hydrogen-bond acceptors (Lipinski definition) is 4. The molecule has 1 unspecified atom stereocenters. The largest absolute Gasteiger partial charge is 0.479 e. The first-order valence-electron chi connectivity index (χ1n) is 5.71. The number of nitrogens with zero attached hydrogens (tertiary/aromatic N) is 1. The van der Waals surface area contributed by atoms with Crippen LogP contribution in [0.15, 0.2) is 24.5 Å². The van der Waals surface area contributed by atoms with E-state index in [0.717, 1.165) is 12.8 Å². The molecular formula is C12H16N2O4. The molecule has 0 fully saturated rings. The van der Waals surface area contributed by atoms with Crippen LogP contribution in [-0.4, -0.2) is 28.8 Å². The van der Waals surface area contributed by atoms with Crippen molar-refractivity contribution in [3.8, 4) is 0 Å². The lowest BCUT2D eigenvalue weighted by atomic mass is 10.1. The van der Waals surface area contributed by atoms with Gasteiger partial charge in [-0.05, 0) is 12.5 Å². The molecule has 0 radical (unpaired) electrons. The third-order valence-electron chi connectivity index (χ3n) is 2.26. The number of carbonyl (C=O) groups excluding carboxylic acids is 1. The SMILES string of the molecule is CCCCOC(=O)NC(C(=O)O)c1cccnc1. The molecule has 0 saturated heterocycles. The Balaban J connectivity index is 2.59. The molecule has 0 aromatic carbocycles. The highest BCUT2D eigenvalue weighted by atomic mass is 16.5. The summed E-state index contributed by atoms with van der Waals surface area (Å²) in [5.74, 6) is -1.16. The van der Waals surface area contributed by atoms with Gasteiger partial charge >= 0.3 is 12.1 Å². The van der Waals surface area contributed by atoms with Crippen molar-refractivity contribution < 1.29 is 19.4 Å². The second-order valence-corrected chi connectivity index (χ2v) is 3.69. The Morgan fingerprint density at radius 2 is 2.33 bits per heavy atom. The summed E-state index contributed by atoms with van der Waals surface area (Å²) in [5.41, 5.74) is 0.400. The number of hydrogen-bond donors (Lipinski definition) is 2. The fourth-order valence-corrected chi connectivity index (χ4v) is 1.30. The second kappa shape index (κ2) is 7.26. The number of aromatic nitrogens is 1. The van der Waals surface area contributed by atoms with Crippen LogP contribution in [-0.2, 0) is 9.53 Å². The predicted octanol–water partition coefficient (Wildman–Crippen LogP) is 1.73. The van der Waals surface area contributed by atoms with Crippen molar-refractivity contribution in [2.45, 2.75) is 25.8 Å². The lowest BCUT2D eigenvalue weighted by molar-refractivity contribution is -0.139. The van der Waals surface area contributed by atoms with Crippen LogP contribution in [0.1, 0.15) is 31.4 Å². The van der Waals surface area contributed by atoms with Gasteiger partial charge in [0, 0.05) is 18.0 Å². The third-order valence-corrected chi connectivity index (χ3v) is 2.26. The van der Waals surface area contributed by atoms with E-state index in [4.69, 9.17) is 9.84 Å². The van der Waals surface area contributed by atoms with Crippen LogP contribution >= 0.6 is 0 Å². The molecule has 1 atom stereocenters.